The number of aliphatic hydroxyl groups is 1. The minimum atomic E-state index is -0.225. The van der Waals surface area contributed by atoms with E-state index in [4.69, 9.17) is 0 Å². The molecule has 0 bridgehead atoms. The molecule has 0 radical (unpaired) electrons. The lowest BCUT2D eigenvalue weighted by molar-refractivity contribution is -0.138. The number of fused-ring (bicyclic) bond motifs is 1. The van der Waals surface area contributed by atoms with Crippen molar-refractivity contribution in [3.63, 3.8) is 0 Å². The molecule has 0 spiro atoms. The van der Waals surface area contributed by atoms with Gasteiger partial charge in [0.05, 0.1) is 12.6 Å². The van der Waals surface area contributed by atoms with Gasteiger partial charge in [-0.25, -0.2) is 0 Å². The van der Waals surface area contributed by atoms with Crippen LogP contribution in [0.15, 0.2) is 0 Å². The normalized spacial score (nSPS) is 36.3. The monoisotopic (exact) mass is 266 g/mol. The van der Waals surface area contributed by atoms with E-state index < -0.39 is 0 Å². The summed E-state index contributed by atoms with van der Waals surface area (Å²) in [6, 6.07) is 0.516. The summed E-state index contributed by atoms with van der Waals surface area (Å²) >= 11 is 0. The van der Waals surface area contributed by atoms with Crippen LogP contribution in [0.1, 0.15) is 44.9 Å². The summed E-state index contributed by atoms with van der Waals surface area (Å²) in [4.78, 5) is 16.8. The zero-order chi connectivity index (χ0) is 13.2. The van der Waals surface area contributed by atoms with Crippen molar-refractivity contribution in [2.24, 2.45) is 5.92 Å². The van der Waals surface area contributed by atoms with E-state index in [0.29, 0.717) is 25.0 Å². The van der Waals surface area contributed by atoms with Crippen molar-refractivity contribution < 1.29 is 9.90 Å². The van der Waals surface area contributed by atoms with Crippen LogP contribution in [0.5, 0.6) is 0 Å². The Morgan fingerprint density at radius 2 is 1.84 bits per heavy atom. The number of carbonyl (C=O) groups is 1. The zero-order valence-electron chi connectivity index (χ0n) is 11.8. The van der Waals surface area contributed by atoms with Crippen molar-refractivity contribution in [2.75, 3.05) is 26.2 Å². The molecule has 1 saturated carbocycles. The van der Waals surface area contributed by atoms with Crippen molar-refractivity contribution in [2.45, 2.75) is 57.1 Å². The fourth-order valence-electron chi connectivity index (χ4n) is 4.17. The lowest BCUT2D eigenvalue weighted by Gasteiger charge is -2.44. The Morgan fingerprint density at radius 1 is 1.05 bits per heavy atom. The maximum absolute atomic E-state index is 12.5. The predicted octanol–water partition coefficient (Wildman–Crippen LogP) is 1.23. The highest BCUT2D eigenvalue weighted by Crippen LogP contribution is 2.35. The summed E-state index contributed by atoms with van der Waals surface area (Å²) in [6.45, 7) is 3.01. The number of piperidine rings is 1. The van der Waals surface area contributed by atoms with Crippen LogP contribution in [0.2, 0.25) is 0 Å². The number of hydrogen-bond donors (Lipinski definition) is 1. The molecule has 3 unspecified atom stereocenters. The van der Waals surface area contributed by atoms with Crippen LogP contribution >= 0.6 is 0 Å². The molecular formula is C15H26N2O2. The van der Waals surface area contributed by atoms with Gasteiger partial charge in [-0.15, -0.1) is 0 Å². The van der Waals surface area contributed by atoms with Gasteiger partial charge in [0.15, 0.2) is 0 Å². The van der Waals surface area contributed by atoms with Crippen LogP contribution in [0.25, 0.3) is 0 Å². The minimum Gasteiger partial charge on any atom is -0.392 e. The van der Waals surface area contributed by atoms with Gasteiger partial charge in [0, 0.05) is 25.7 Å². The third kappa shape index (κ3) is 2.95. The largest absolute Gasteiger partial charge is 0.392 e. The first kappa shape index (κ1) is 13.4. The van der Waals surface area contributed by atoms with Gasteiger partial charge >= 0.3 is 0 Å². The van der Waals surface area contributed by atoms with Gasteiger partial charge in [-0.3, -0.25) is 9.69 Å². The Morgan fingerprint density at radius 3 is 2.63 bits per heavy atom. The summed E-state index contributed by atoms with van der Waals surface area (Å²) in [5, 5.41) is 9.54. The van der Waals surface area contributed by atoms with Crippen LogP contribution in [-0.2, 0) is 4.79 Å². The van der Waals surface area contributed by atoms with Crippen molar-refractivity contribution in [1.29, 1.82) is 0 Å². The molecule has 1 aliphatic carbocycles. The molecule has 0 aromatic rings. The number of hydrogen-bond acceptors (Lipinski definition) is 3. The van der Waals surface area contributed by atoms with Crippen LogP contribution in [0.4, 0.5) is 0 Å². The standard InChI is InChI=1S/C15H26N2O2/c18-13-7-9-16(10-13)11-15(19)17-8-3-5-12-4-1-2-6-14(12)17/h12-14,18H,1-11H2. The van der Waals surface area contributed by atoms with E-state index >= 15 is 0 Å². The molecule has 3 aliphatic rings. The third-order valence-electron chi connectivity index (χ3n) is 5.17. The Kier molecular flexibility index (Phi) is 4.08. The Bertz CT molecular complexity index is 332. The highest BCUT2D eigenvalue weighted by atomic mass is 16.3. The van der Waals surface area contributed by atoms with Crippen molar-refractivity contribution in [1.82, 2.24) is 9.80 Å². The van der Waals surface area contributed by atoms with Crippen LogP contribution in [-0.4, -0.2) is 59.1 Å². The number of aliphatic hydroxyl groups excluding tert-OH is 1. The van der Waals surface area contributed by atoms with E-state index in [1.807, 2.05) is 0 Å². The second-order valence-corrected chi connectivity index (χ2v) is 6.52. The second kappa shape index (κ2) is 5.80. The summed E-state index contributed by atoms with van der Waals surface area (Å²) in [6.07, 6.45) is 8.24. The molecule has 4 nitrogen and oxygen atoms in total. The van der Waals surface area contributed by atoms with Gasteiger partial charge < -0.3 is 10.0 Å². The molecule has 2 aliphatic heterocycles. The maximum atomic E-state index is 12.5. The number of carbonyl (C=O) groups excluding carboxylic acids is 1. The number of likely N-dealkylation sites (tertiary alicyclic amines) is 2. The lowest BCUT2D eigenvalue weighted by Crippen LogP contribution is -2.52. The van der Waals surface area contributed by atoms with E-state index in [0.717, 1.165) is 25.4 Å². The van der Waals surface area contributed by atoms with Crippen molar-refractivity contribution in [3.05, 3.63) is 0 Å². The Labute approximate surface area is 115 Å². The lowest BCUT2D eigenvalue weighted by atomic mass is 9.78. The van der Waals surface area contributed by atoms with Gasteiger partial charge in [-0.2, -0.15) is 0 Å². The number of amides is 1. The zero-order valence-corrected chi connectivity index (χ0v) is 11.8. The smallest absolute Gasteiger partial charge is 0.237 e. The summed E-state index contributed by atoms with van der Waals surface area (Å²) in [5.74, 6) is 1.06. The highest BCUT2D eigenvalue weighted by Gasteiger charge is 2.36. The number of β-amino-alcohol motifs (C(OH)–C–C–N with tert-alkyl or cyclic N) is 1. The van der Waals surface area contributed by atoms with Crippen LogP contribution < -0.4 is 0 Å². The average molecular weight is 266 g/mol. The van der Waals surface area contributed by atoms with Gasteiger partial charge in [0.2, 0.25) is 5.91 Å². The second-order valence-electron chi connectivity index (χ2n) is 6.52. The Hall–Kier alpha value is -0.610. The molecule has 1 amide bonds. The molecule has 2 saturated heterocycles. The average Bonchev–Trinajstić information content (AvgIpc) is 2.83. The van der Waals surface area contributed by atoms with Crippen molar-refractivity contribution in [3.8, 4) is 0 Å². The fourth-order valence-corrected chi connectivity index (χ4v) is 4.17. The molecule has 3 rings (SSSR count). The molecular weight excluding hydrogens is 240 g/mol. The summed E-state index contributed by atoms with van der Waals surface area (Å²) < 4.78 is 0. The predicted molar refractivity (Wildman–Crippen MR) is 73.8 cm³/mol. The van der Waals surface area contributed by atoms with Crippen LogP contribution in [0.3, 0.4) is 0 Å². The quantitative estimate of drug-likeness (QED) is 0.817. The molecule has 4 heteroatoms. The number of rotatable bonds is 2. The SMILES string of the molecule is O=C(CN1CCC(O)C1)N1CCCC2CCCCC21. The van der Waals surface area contributed by atoms with E-state index in [2.05, 4.69) is 9.80 Å². The number of nitrogens with zero attached hydrogens (tertiary/aromatic N) is 2. The van der Waals surface area contributed by atoms with Gasteiger partial charge in [-0.05, 0) is 38.0 Å². The van der Waals surface area contributed by atoms with E-state index in [9.17, 15) is 9.90 Å². The van der Waals surface area contributed by atoms with Gasteiger partial charge in [0.25, 0.3) is 0 Å². The maximum Gasteiger partial charge on any atom is 0.237 e. The first-order valence-corrected chi connectivity index (χ1v) is 7.94. The van der Waals surface area contributed by atoms with Gasteiger partial charge in [-0.1, -0.05) is 12.8 Å². The summed E-state index contributed by atoms with van der Waals surface area (Å²) in [7, 11) is 0. The molecule has 3 fully saturated rings. The highest BCUT2D eigenvalue weighted by molar-refractivity contribution is 5.78. The van der Waals surface area contributed by atoms with Crippen LogP contribution in [0, 0.1) is 5.92 Å². The molecule has 108 valence electrons. The fraction of sp³-hybridized carbons (Fsp3) is 0.933. The molecule has 1 N–H and O–H groups in total. The molecule has 19 heavy (non-hydrogen) atoms. The van der Waals surface area contributed by atoms with E-state index in [-0.39, 0.29) is 6.10 Å². The van der Waals surface area contributed by atoms with E-state index in [1.54, 1.807) is 0 Å². The topological polar surface area (TPSA) is 43.8 Å². The minimum absolute atomic E-state index is 0.225. The van der Waals surface area contributed by atoms with Gasteiger partial charge in [0.1, 0.15) is 0 Å². The molecule has 3 atom stereocenters. The molecule has 0 aromatic carbocycles. The van der Waals surface area contributed by atoms with Crippen molar-refractivity contribution >= 4 is 5.91 Å². The third-order valence-corrected chi connectivity index (χ3v) is 5.17. The molecule has 2 heterocycles. The first-order chi connectivity index (χ1) is 9.24. The Balaban J connectivity index is 1.58. The summed E-state index contributed by atoms with van der Waals surface area (Å²) in [5.41, 5.74) is 0. The van der Waals surface area contributed by atoms with E-state index in [1.165, 1.54) is 38.5 Å². The molecule has 0 aromatic heterocycles. The first-order valence-electron chi connectivity index (χ1n) is 7.94.